The van der Waals surface area contributed by atoms with Gasteiger partial charge in [0.15, 0.2) is 5.82 Å². The topological polar surface area (TPSA) is 88.8 Å². The first-order chi connectivity index (χ1) is 14.4. The van der Waals surface area contributed by atoms with Crippen molar-refractivity contribution in [3.63, 3.8) is 0 Å². The zero-order chi connectivity index (χ0) is 20.9. The number of ether oxygens (including phenoxy) is 1. The van der Waals surface area contributed by atoms with Crippen molar-refractivity contribution in [3.8, 4) is 16.9 Å². The van der Waals surface area contributed by atoms with Gasteiger partial charge in [0.05, 0.1) is 17.3 Å². The Morgan fingerprint density at radius 2 is 2.10 bits per heavy atom. The minimum Gasteiger partial charge on any atom is -0.488 e. The second kappa shape index (κ2) is 7.09. The average Bonchev–Trinajstić information content (AvgIpc) is 3.61. The van der Waals surface area contributed by atoms with Gasteiger partial charge < -0.3 is 15.2 Å². The molecule has 2 saturated carbocycles. The Kier molecular flexibility index (Phi) is 4.50. The molecule has 0 saturated heterocycles. The molecule has 3 aromatic heterocycles. The molecule has 5 rings (SSSR count). The molecule has 0 bridgehead atoms. The molecule has 1 atom stereocenters. The number of aryl methyl sites for hydroxylation is 1. The number of pyridine rings is 2. The maximum atomic E-state index is 12.0. The third-order valence-corrected chi connectivity index (χ3v) is 5.95. The molecule has 30 heavy (non-hydrogen) atoms. The Bertz CT molecular complexity index is 1110. The van der Waals surface area contributed by atoms with Crippen LogP contribution in [0.3, 0.4) is 0 Å². The molecule has 0 radical (unpaired) electrons. The van der Waals surface area contributed by atoms with Crippen LogP contribution in [0.15, 0.2) is 36.7 Å². The van der Waals surface area contributed by atoms with Crippen LogP contribution in [-0.2, 0) is 4.79 Å². The maximum absolute atomic E-state index is 12.0. The minimum absolute atomic E-state index is 0.0433. The van der Waals surface area contributed by atoms with Crippen LogP contribution in [0.25, 0.3) is 16.6 Å². The van der Waals surface area contributed by atoms with Gasteiger partial charge in [0.2, 0.25) is 5.91 Å². The summed E-state index contributed by atoms with van der Waals surface area (Å²) in [6, 6.07) is 7.84. The number of hydrogen-bond donors (Lipinski definition) is 2. The third kappa shape index (κ3) is 3.89. The van der Waals surface area contributed by atoms with E-state index in [1.165, 1.54) is 0 Å². The highest BCUT2D eigenvalue weighted by Gasteiger charge is 2.40. The third-order valence-electron chi connectivity index (χ3n) is 5.95. The summed E-state index contributed by atoms with van der Waals surface area (Å²) in [6.45, 7) is 4.01. The number of aliphatic hydroxyl groups is 1. The second-order valence-electron chi connectivity index (χ2n) is 8.82. The Hall–Kier alpha value is -2.93. The van der Waals surface area contributed by atoms with E-state index in [1.54, 1.807) is 10.7 Å². The maximum Gasteiger partial charge on any atom is 0.228 e. The molecule has 3 heterocycles. The number of rotatable bonds is 7. The van der Waals surface area contributed by atoms with Gasteiger partial charge in [-0.2, -0.15) is 5.10 Å². The van der Waals surface area contributed by atoms with Crippen LogP contribution in [0.2, 0.25) is 0 Å². The zero-order valence-corrected chi connectivity index (χ0v) is 17.3. The van der Waals surface area contributed by atoms with E-state index in [0.29, 0.717) is 17.5 Å². The number of carbonyl (C=O) groups excluding carboxylic acids is 1. The molecule has 7 nitrogen and oxygen atoms in total. The van der Waals surface area contributed by atoms with E-state index in [0.717, 1.165) is 48.0 Å². The molecule has 0 aliphatic heterocycles. The van der Waals surface area contributed by atoms with Crippen LogP contribution >= 0.6 is 0 Å². The van der Waals surface area contributed by atoms with Gasteiger partial charge in [-0.25, -0.2) is 4.52 Å². The predicted octanol–water partition coefficient (Wildman–Crippen LogP) is 3.59. The van der Waals surface area contributed by atoms with E-state index < -0.39 is 5.60 Å². The molecule has 2 N–H and O–H groups in total. The highest BCUT2D eigenvalue weighted by atomic mass is 16.5. The van der Waals surface area contributed by atoms with E-state index in [1.807, 2.05) is 44.3 Å². The minimum atomic E-state index is -0.827. The number of nitrogens with zero attached hydrogens (tertiary/aromatic N) is 3. The van der Waals surface area contributed by atoms with Crippen molar-refractivity contribution < 1.29 is 14.6 Å². The molecule has 0 unspecified atom stereocenters. The van der Waals surface area contributed by atoms with Crippen LogP contribution in [0.5, 0.6) is 5.75 Å². The number of aromatic nitrogens is 3. The van der Waals surface area contributed by atoms with Gasteiger partial charge in [-0.15, -0.1) is 0 Å². The van der Waals surface area contributed by atoms with Crippen molar-refractivity contribution in [1.82, 2.24) is 14.6 Å². The highest BCUT2D eigenvalue weighted by Crippen LogP contribution is 2.40. The fourth-order valence-corrected chi connectivity index (χ4v) is 3.73. The fraction of sp³-hybridized carbons (Fsp3) is 0.435. The molecule has 0 aromatic carbocycles. The van der Waals surface area contributed by atoms with Crippen molar-refractivity contribution in [2.75, 3.05) is 11.9 Å². The van der Waals surface area contributed by atoms with Gasteiger partial charge in [0.25, 0.3) is 0 Å². The van der Waals surface area contributed by atoms with Crippen molar-refractivity contribution in [3.05, 3.63) is 42.4 Å². The highest BCUT2D eigenvalue weighted by molar-refractivity contribution is 5.93. The molecule has 3 aromatic rings. The van der Waals surface area contributed by atoms with E-state index in [9.17, 15) is 9.90 Å². The van der Waals surface area contributed by atoms with Gasteiger partial charge in [-0.05, 0) is 69.2 Å². The standard InChI is InChI=1S/C23H26N4O3/c1-14-9-19(20(12-24-14)30-13-23(2,29)17-5-6-17)16-7-8-27-18(10-16)11-21(26-27)25-22(28)15-3-4-15/h7-12,15,17,29H,3-6,13H2,1-2H3,(H,25,26,28)/t23-/m1/s1. The SMILES string of the molecule is Cc1cc(-c2ccn3nc(NC(=O)C4CC4)cc3c2)c(OC[C@@](C)(O)C2CC2)cn1. The summed E-state index contributed by atoms with van der Waals surface area (Å²) in [5, 5.41) is 17.9. The number of amides is 1. The average molecular weight is 406 g/mol. The zero-order valence-electron chi connectivity index (χ0n) is 17.3. The van der Waals surface area contributed by atoms with E-state index >= 15 is 0 Å². The number of fused-ring (bicyclic) bond motifs is 1. The Morgan fingerprint density at radius 1 is 1.30 bits per heavy atom. The summed E-state index contributed by atoms with van der Waals surface area (Å²) in [5.74, 6) is 1.70. The predicted molar refractivity (Wildman–Crippen MR) is 113 cm³/mol. The van der Waals surface area contributed by atoms with Crippen LogP contribution in [0, 0.1) is 18.8 Å². The van der Waals surface area contributed by atoms with Crippen molar-refractivity contribution in [2.24, 2.45) is 11.8 Å². The molecule has 2 aliphatic carbocycles. The Morgan fingerprint density at radius 3 is 2.83 bits per heavy atom. The second-order valence-corrected chi connectivity index (χ2v) is 8.82. The Labute approximate surface area is 175 Å². The molecule has 7 heteroatoms. The van der Waals surface area contributed by atoms with Gasteiger partial charge >= 0.3 is 0 Å². The summed E-state index contributed by atoms with van der Waals surface area (Å²) >= 11 is 0. The first-order valence-corrected chi connectivity index (χ1v) is 10.5. The van der Waals surface area contributed by atoms with E-state index in [2.05, 4.69) is 15.4 Å². The first kappa shape index (κ1) is 19.1. The molecule has 156 valence electrons. The molecule has 0 spiro atoms. The first-order valence-electron chi connectivity index (χ1n) is 10.5. The van der Waals surface area contributed by atoms with Crippen molar-refractivity contribution in [1.29, 1.82) is 0 Å². The smallest absolute Gasteiger partial charge is 0.228 e. The lowest BCUT2D eigenvalue weighted by Gasteiger charge is -2.24. The molecular weight excluding hydrogens is 380 g/mol. The number of anilines is 1. The van der Waals surface area contributed by atoms with Crippen LogP contribution in [0.1, 0.15) is 38.3 Å². The summed E-state index contributed by atoms with van der Waals surface area (Å²) in [6.07, 6.45) is 7.61. The van der Waals surface area contributed by atoms with Crippen molar-refractivity contribution in [2.45, 2.75) is 45.1 Å². The molecule has 2 aliphatic rings. The summed E-state index contributed by atoms with van der Waals surface area (Å²) in [5.41, 5.74) is 2.82. The largest absolute Gasteiger partial charge is 0.488 e. The number of carbonyl (C=O) groups is 1. The normalized spacial score (nSPS) is 18.2. The van der Waals surface area contributed by atoms with Crippen LogP contribution in [0.4, 0.5) is 5.82 Å². The van der Waals surface area contributed by atoms with Crippen molar-refractivity contribution >= 4 is 17.2 Å². The summed E-state index contributed by atoms with van der Waals surface area (Å²) in [4.78, 5) is 16.4. The molecule has 2 fully saturated rings. The lowest BCUT2D eigenvalue weighted by Crippen LogP contribution is -2.34. The monoisotopic (exact) mass is 406 g/mol. The Balaban J connectivity index is 1.42. The fourth-order valence-electron chi connectivity index (χ4n) is 3.73. The number of hydrogen-bond acceptors (Lipinski definition) is 5. The van der Waals surface area contributed by atoms with Gasteiger partial charge in [0, 0.05) is 29.4 Å². The van der Waals surface area contributed by atoms with E-state index in [4.69, 9.17) is 4.74 Å². The van der Waals surface area contributed by atoms with Crippen LogP contribution < -0.4 is 10.1 Å². The van der Waals surface area contributed by atoms with Gasteiger partial charge in [0.1, 0.15) is 12.4 Å². The number of nitrogens with one attached hydrogen (secondary N) is 1. The molecule has 1 amide bonds. The van der Waals surface area contributed by atoms with Gasteiger partial charge in [-0.1, -0.05) is 0 Å². The van der Waals surface area contributed by atoms with Gasteiger partial charge in [-0.3, -0.25) is 9.78 Å². The molecular formula is C23H26N4O3. The lowest BCUT2D eigenvalue weighted by molar-refractivity contribution is -0.117. The quantitative estimate of drug-likeness (QED) is 0.626. The lowest BCUT2D eigenvalue weighted by atomic mass is 10.0. The summed E-state index contributed by atoms with van der Waals surface area (Å²) in [7, 11) is 0. The van der Waals surface area contributed by atoms with Crippen LogP contribution in [-0.4, -0.2) is 37.8 Å². The summed E-state index contributed by atoms with van der Waals surface area (Å²) < 4.78 is 7.77. The van der Waals surface area contributed by atoms with E-state index in [-0.39, 0.29) is 18.4 Å².